The molecule has 0 fully saturated rings. The minimum atomic E-state index is 0.0530. The van der Waals surface area contributed by atoms with Gasteiger partial charge in [-0.3, -0.25) is 4.98 Å². The molecular weight excluding hydrogens is 240 g/mol. The predicted molar refractivity (Wildman–Crippen MR) is 77.1 cm³/mol. The monoisotopic (exact) mass is 264 g/mol. The lowest BCUT2D eigenvalue weighted by molar-refractivity contribution is 0.318. The summed E-state index contributed by atoms with van der Waals surface area (Å²) in [4.78, 5) is 4.13. The van der Waals surface area contributed by atoms with Crippen LogP contribution in [0.4, 0.5) is 0 Å². The van der Waals surface area contributed by atoms with E-state index in [1.807, 2.05) is 12.1 Å². The van der Waals surface area contributed by atoms with Crippen molar-refractivity contribution in [1.82, 2.24) is 10.3 Å². The standard InChI is InChI=1S/C14H24N4O/c1-11(2)6-3-4-8-16-10-12-7-5-9-17-13(12)14(15)18-19/h5,7,9,11,16,19H,3-4,6,8,10H2,1-2H3,(H2,15,18). The average molecular weight is 264 g/mol. The Bertz CT molecular complexity index is 404. The molecule has 0 amide bonds. The third-order valence-corrected chi connectivity index (χ3v) is 2.94. The molecule has 0 aliphatic carbocycles. The van der Waals surface area contributed by atoms with E-state index in [1.54, 1.807) is 6.20 Å². The van der Waals surface area contributed by atoms with Crippen molar-refractivity contribution in [3.8, 4) is 0 Å². The summed E-state index contributed by atoms with van der Waals surface area (Å²) in [5.41, 5.74) is 7.08. The summed E-state index contributed by atoms with van der Waals surface area (Å²) < 4.78 is 0. The van der Waals surface area contributed by atoms with Crippen molar-refractivity contribution in [3.05, 3.63) is 29.6 Å². The van der Waals surface area contributed by atoms with Crippen LogP contribution >= 0.6 is 0 Å². The van der Waals surface area contributed by atoms with Crippen LogP contribution in [0.3, 0.4) is 0 Å². The van der Waals surface area contributed by atoms with Crippen molar-refractivity contribution in [3.63, 3.8) is 0 Å². The smallest absolute Gasteiger partial charge is 0.189 e. The number of hydrogen-bond acceptors (Lipinski definition) is 4. The van der Waals surface area contributed by atoms with Crippen LogP contribution in [0.25, 0.3) is 0 Å². The Morgan fingerprint density at radius 1 is 1.47 bits per heavy atom. The molecule has 106 valence electrons. The van der Waals surface area contributed by atoms with E-state index >= 15 is 0 Å². The van der Waals surface area contributed by atoms with Gasteiger partial charge in [-0.2, -0.15) is 0 Å². The molecule has 0 aliphatic rings. The van der Waals surface area contributed by atoms with Crippen LogP contribution in [0.15, 0.2) is 23.5 Å². The van der Waals surface area contributed by atoms with Gasteiger partial charge in [-0.25, -0.2) is 0 Å². The number of nitrogens with two attached hydrogens (primary N) is 1. The first-order valence-corrected chi connectivity index (χ1v) is 6.77. The maximum absolute atomic E-state index is 8.71. The van der Waals surface area contributed by atoms with Gasteiger partial charge >= 0.3 is 0 Å². The van der Waals surface area contributed by atoms with Gasteiger partial charge in [0.2, 0.25) is 0 Å². The Hall–Kier alpha value is -1.62. The summed E-state index contributed by atoms with van der Waals surface area (Å²) in [6.07, 6.45) is 5.31. The molecule has 0 aliphatic heterocycles. The Labute approximate surface area is 114 Å². The van der Waals surface area contributed by atoms with E-state index in [4.69, 9.17) is 10.9 Å². The van der Waals surface area contributed by atoms with Crippen LogP contribution in [0.2, 0.25) is 0 Å². The summed E-state index contributed by atoms with van der Waals surface area (Å²) in [5, 5.41) is 15.1. The topological polar surface area (TPSA) is 83.5 Å². The van der Waals surface area contributed by atoms with Crippen molar-refractivity contribution >= 4 is 5.84 Å². The first kappa shape index (κ1) is 15.4. The summed E-state index contributed by atoms with van der Waals surface area (Å²) in [6.45, 7) is 6.14. The first-order chi connectivity index (χ1) is 9.15. The van der Waals surface area contributed by atoms with Crippen LogP contribution in [0.1, 0.15) is 44.4 Å². The third-order valence-electron chi connectivity index (χ3n) is 2.94. The zero-order chi connectivity index (χ0) is 14.1. The maximum Gasteiger partial charge on any atom is 0.189 e. The van der Waals surface area contributed by atoms with E-state index in [0.717, 1.165) is 24.4 Å². The molecule has 4 N–H and O–H groups in total. The van der Waals surface area contributed by atoms with Crippen LogP contribution in [-0.2, 0) is 6.54 Å². The third kappa shape index (κ3) is 5.70. The molecule has 1 aromatic rings. The number of unbranched alkanes of at least 4 members (excludes halogenated alkanes) is 1. The van der Waals surface area contributed by atoms with Gasteiger partial charge in [0.05, 0.1) is 0 Å². The van der Waals surface area contributed by atoms with Gasteiger partial charge < -0.3 is 16.3 Å². The van der Waals surface area contributed by atoms with Crippen molar-refractivity contribution in [2.45, 2.75) is 39.7 Å². The first-order valence-electron chi connectivity index (χ1n) is 6.77. The molecule has 19 heavy (non-hydrogen) atoms. The molecule has 0 unspecified atom stereocenters. The highest BCUT2D eigenvalue weighted by atomic mass is 16.4. The second-order valence-electron chi connectivity index (χ2n) is 5.06. The van der Waals surface area contributed by atoms with E-state index < -0.39 is 0 Å². The molecule has 1 rings (SSSR count). The molecule has 1 aromatic heterocycles. The number of pyridine rings is 1. The zero-order valence-electron chi connectivity index (χ0n) is 11.8. The molecule has 0 spiro atoms. The highest BCUT2D eigenvalue weighted by molar-refractivity contribution is 5.96. The molecule has 1 heterocycles. The summed E-state index contributed by atoms with van der Waals surface area (Å²) in [5.74, 6) is 0.822. The average Bonchev–Trinajstić information content (AvgIpc) is 2.42. The lowest BCUT2D eigenvalue weighted by atomic mass is 10.1. The summed E-state index contributed by atoms with van der Waals surface area (Å²) >= 11 is 0. The minimum Gasteiger partial charge on any atom is -0.409 e. The summed E-state index contributed by atoms with van der Waals surface area (Å²) in [6, 6.07) is 3.78. The molecule has 5 nitrogen and oxygen atoms in total. The largest absolute Gasteiger partial charge is 0.409 e. The number of hydrogen-bond donors (Lipinski definition) is 3. The van der Waals surface area contributed by atoms with E-state index in [9.17, 15) is 0 Å². The van der Waals surface area contributed by atoms with E-state index in [2.05, 4.69) is 29.3 Å². The quantitative estimate of drug-likeness (QED) is 0.221. The fourth-order valence-electron chi connectivity index (χ4n) is 1.88. The molecule has 0 saturated heterocycles. The number of amidine groups is 1. The van der Waals surface area contributed by atoms with Gasteiger partial charge in [0, 0.05) is 12.7 Å². The number of nitrogens with one attached hydrogen (secondary N) is 1. The molecule has 0 aromatic carbocycles. The van der Waals surface area contributed by atoms with Crippen molar-refractivity contribution in [2.75, 3.05) is 6.54 Å². The molecule has 0 bridgehead atoms. The fourth-order valence-corrected chi connectivity index (χ4v) is 1.88. The number of oxime groups is 1. The molecule has 0 atom stereocenters. The lowest BCUT2D eigenvalue weighted by Gasteiger charge is -2.09. The number of aromatic nitrogens is 1. The normalized spacial score (nSPS) is 12.1. The van der Waals surface area contributed by atoms with Gasteiger partial charge in [0.1, 0.15) is 5.69 Å². The van der Waals surface area contributed by atoms with Gasteiger partial charge in [0.15, 0.2) is 5.84 Å². The lowest BCUT2D eigenvalue weighted by Crippen LogP contribution is -2.21. The number of rotatable bonds is 8. The number of nitrogens with zero attached hydrogens (tertiary/aromatic N) is 2. The van der Waals surface area contributed by atoms with E-state index in [1.165, 1.54) is 12.8 Å². The van der Waals surface area contributed by atoms with Crippen LogP contribution in [0, 0.1) is 5.92 Å². The van der Waals surface area contributed by atoms with E-state index in [-0.39, 0.29) is 5.84 Å². The highest BCUT2D eigenvalue weighted by Crippen LogP contribution is 2.07. The second-order valence-corrected chi connectivity index (χ2v) is 5.06. The predicted octanol–water partition coefficient (Wildman–Crippen LogP) is 2.09. The Balaban J connectivity index is 2.37. The van der Waals surface area contributed by atoms with Crippen molar-refractivity contribution in [1.29, 1.82) is 0 Å². The minimum absolute atomic E-state index is 0.0530. The molecule has 0 saturated carbocycles. The van der Waals surface area contributed by atoms with Crippen LogP contribution < -0.4 is 11.1 Å². The Kier molecular flexibility index (Phi) is 6.89. The van der Waals surface area contributed by atoms with Crippen LogP contribution in [0.5, 0.6) is 0 Å². The Morgan fingerprint density at radius 2 is 2.26 bits per heavy atom. The summed E-state index contributed by atoms with van der Waals surface area (Å²) in [7, 11) is 0. The van der Waals surface area contributed by atoms with Crippen molar-refractivity contribution < 1.29 is 5.21 Å². The van der Waals surface area contributed by atoms with Gasteiger partial charge in [-0.1, -0.05) is 37.9 Å². The molecule has 5 heteroatoms. The maximum atomic E-state index is 8.71. The van der Waals surface area contributed by atoms with Crippen molar-refractivity contribution in [2.24, 2.45) is 16.8 Å². The molecule has 0 radical (unpaired) electrons. The SMILES string of the molecule is CC(C)CCCCNCc1cccnc1/C(N)=N/O. The van der Waals surface area contributed by atoms with Gasteiger partial charge in [-0.15, -0.1) is 0 Å². The molecular formula is C14H24N4O. The fraction of sp³-hybridized carbons (Fsp3) is 0.571. The van der Waals surface area contributed by atoms with Gasteiger partial charge in [0.25, 0.3) is 0 Å². The Morgan fingerprint density at radius 3 is 2.95 bits per heavy atom. The van der Waals surface area contributed by atoms with Gasteiger partial charge in [-0.05, 0) is 30.5 Å². The van der Waals surface area contributed by atoms with E-state index in [0.29, 0.717) is 12.2 Å². The highest BCUT2D eigenvalue weighted by Gasteiger charge is 2.07. The second kappa shape index (κ2) is 8.48. The van der Waals surface area contributed by atoms with Crippen LogP contribution in [-0.4, -0.2) is 22.6 Å². The zero-order valence-corrected chi connectivity index (χ0v) is 11.8.